The van der Waals surface area contributed by atoms with Crippen LogP contribution >= 0.6 is 0 Å². The molecule has 0 heterocycles. The Morgan fingerprint density at radius 1 is 1.25 bits per heavy atom. The van der Waals surface area contributed by atoms with E-state index in [-0.39, 0.29) is 5.82 Å². The number of unbranched alkanes of at least 4 members (excludes halogenated alkanes) is 1. The van der Waals surface area contributed by atoms with Gasteiger partial charge >= 0.3 is 0 Å². The fourth-order valence-electron chi connectivity index (χ4n) is 3.40. The van der Waals surface area contributed by atoms with Crippen LogP contribution in [0.15, 0.2) is 24.3 Å². The highest BCUT2D eigenvalue weighted by Crippen LogP contribution is 2.61. The van der Waals surface area contributed by atoms with Gasteiger partial charge in [-0.25, -0.2) is 4.39 Å². The van der Waals surface area contributed by atoms with Crippen molar-refractivity contribution < 1.29 is 4.39 Å². The van der Waals surface area contributed by atoms with Crippen LogP contribution in [0, 0.1) is 17.2 Å². The normalized spacial score (nSPS) is 21.7. The lowest BCUT2D eigenvalue weighted by Gasteiger charge is -2.23. The molecule has 2 heteroatoms. The summed E-state index contributed by atoms with van der Waals surface area (Å²) in [4.78, 5) is 0. The molecule has 2 aliphatic rings. The first-order chi connectivity index (χ1) is 9.73. The van der Waals surface area contributed by atoms with E-state index in [1.54, 1.807) is 12.1 Å². The topological polar surface area (TPSA) is 12.0 Å². The van der Waals surface area contributed by atoms with Gasteiger partial charge < -0.3 is 5.32 Å². The molecule has 2 fully saturated rings. The molecule has 1 aromatic carbocycles. The molecule has 1 unspecified atom stereocenters. The highest BCUT2D eigenvalue weighted by Gasteiger charge is 2.53. The summed E-state index contributed by atoms with van der Waals surface area (Å²) >= 11 is 0. The number of rotatable bonds is 8. The maximum atomic E-state index is 13.1. The average Bonchev–Trinajstić information content (AvgIpc) is 3.33. The molecule has 0 aliphatic heterocycles. The molecule has 1 N–H and O–H groups in total. The zero-order valence-corrected chi connectivity index (χ0v) is 12.5. The molecule has 1 atom stereocenters. The van der Waals surface area contributed by atoms with E-state index < -0.39 is 0 Å². The molecule has 110 valence electrons. The van der Waals surface area contributed by atoms with Crippen LogP contribution < -0.4 is 5.32 Å². The van der Waals surface area contributed by atoms with E-state index in [0.717, 1.165) is 18.9 Å². The number of nitrogens with one attached hydrogen (secondary N) is 1. The van der Waals surface area contributed by atoms with Crippen LogP contribution in [-0.4, -0.2) is 6.54 Å². The lowest BCUT2D eigenvalue weighted by Crippen LogP contribution is -2.29. The van der Waals surface area contributed by atoms with Gasteiger partial charge in [0, 0.05) is 12.6 Å². The van der Waals surface area contributed by atoms with Gasteiger partial charge in [0.15, 0.2) is 0 Å². The Bertz CT molecular complexity index is 431. The summed E-state index contributed by atoms with van der Waals surface area (Å²) < 4.78 is 13.1. The largest absolute Gasteiger partial charge is 0.309 e. The Morgan fingerprint density at radius 3 is 2.50 bits per heavy atom. The van der Waals surface area contributed by atoms with Crippen molar-refractivity contribution in [2.75, 3.05) is 6.54 Å². The Balaban J connectivity index is 1.61. The van der Waals surface area contributed by atoms with Gasteiger partial charge in [0.25, 0.3) is 0 Å². The molecule has 1 nitrogen and oxygen atoms in total. The first-order valence-electron chi connectivity index (χ1n) is 8.22. The average molecular weight is 275 g/mol. The molecular weight excluding hydrogens is 249 g/mol. The van der Waals surface area contributed by atoms with Gasteiger partial charge in [-0.05, 0) is 61.1 Å². The van der Waals surface area contributed by atoms with E-state index in [2.05, 4.69) is 12.2 Å². The highest BCUT2D eigenvalue weighted by molar-refractivity contribution is 5.20. The molecule has 3 rings (SSSR count). The monoisotopic (exact) mass is 275 g/mol. The first kappa shape index (κ1) is 14.1. The van der Waals surface area contributed by atoms with Crippen molar-refractivity contribution >= 4 is 0 Å². The van der Waals surface area contributed by atoms with Crippen LogP contribution in [0.4, 0.5) is 4.39 Å². The van der Waals surface area contributed by atoms with Crippen LogP contribution in [-0.2, 0) is 0 Å². The van der Waals surface area contributed by atoms with E-state index in [4.69, 9.17) is 0 Å². The second-order valence-corrected chi connectivity index (χ2v) is 6.76. The Hall–Kier alpha value is -0.890. The Kier molecular flexibility index (Phi) is 4.11. The predicted molar refractivity (Wildman–Crippen MR) is 81.1 cm³/mol. The minimum absolute atomic E-state index is 0.139. The van der Waals surface area contributed by atoms with E-state index in [1.165, 1.54) is 44.1 Å². The van der Waals surface area contributed by atoms with Crippen molar-refractivity contribution in [1.29, 1.82) is 0 Å². The van der Waals surface area contributed by atoms with E-state index in [9.17, 15) is 4.39 Å². The van der Waals surface area contributed by atoms with Crippen LogP contribution in [0.25, 0.3) is 0 Å². The van der Waals surface area contributed by atoms with Crippen LogP contribution in [0.2, 0.25) is 0 Å². The van der Waals surface area contributed by atoms with Gasteiger partial charge in [0.1, 0.15) is 5.82 Å². The second kappa shape index (κ2) is 5.85. The van der Waals surface area contributed by atoms with Gasteiger partial charge in [0.2, 0.25) is 0 Å². The van der Waals surface area contributed by atoms with Crippen molar-refractivity contribution in [1.82, 2.24) is 5.32 Å². The summed E-state index contributed by atoms with van der Waals surface area (Å²) in [5, 5.41) is 3.79. The summed E-state index contributed by atoms with van der Waals surface area (Å²) in [5.41, 5.74) is 1.87. The molecule has 0 saturated heterocycles. The van der Waals surface area contributed by atoms with Crippen molar-refractivity contribution in [2.45, 2.75) is 57.9 Å². The molecule has 1 aromatic rings. The predicted octanol–water partition coefficient (Wildman–Crippen LogP) is 4.84. The lowest BCUT2D eigenvalue weighted by molar-refractivity contribution is 0.362. The Labute approximate surface area is 122 Å². The fourth-order valence-corrected chi connectivity index (χ4v) is 3.40. The zero-order chi connectivity index (χ0) is 14.0. The molecule has 0 amide bonds. The molecule has 2 aliphatic carbocycles. The van der Waals surface area contributed by atoms with Crippen LogP contribution in [0.3, 0.4) is 0 Å². The van der Waals surface area contributed by atoms with Crippen molar-refractivity contribution in [3.63, 3.8) is 0 Å². The Morgan fingerprint density at radius 2 is 1.95 bits per heavy atom. The van der Waals surface area contributed by atoms with Gasteiger partial charge in [0.05, 0.1) is 0 Å². The lowest BCUT2D eigenvalue weighted by atomic mass is 9.97. The number of hydrogen-bond acceptors (Lipinski definition) is 1. The van der Waals surface area contributed by atoms with E-state index >= 15 is 0 Å². The summed E-state index contributed by atoms with van der Waals surface area (Å²) in [7, 11) is 0. The molecule has 20 heavy (non-hydrogen) atoms. The highest BCUT2D eigenvalue weighted by atomic mass is 19.1. The quantitative estimate of drug-likeness (QED) is 0.716. The third-order valence-electron chi connectivity index (χ3n) is 5.15. The third-order valence-corrected chi connectivity index (χ3v) is 5.15. The fraction of sp³-hybridized carbons (Fsp3) is 0.667. The van der Waals surface area contributed by atoms with Gasteiger partial charge in [-0.15, -0.1) is 0 Å². The van der Waals surface area contributed by atoms with Crippen molar-refractivity contribution in [3.05, 3.63) is 35.6 Å². The molecule has 0 radical (unpaired) electrons. The summed E-state index contributed by atoms with van der Waals surface area (Å²) in [6.07, 6.45) is 9.31. The summed E-state index contributed by atoms with van der Waals surface area (Å²) in [5.74, 6) is 0.856. The zero-order valence-electron chi connectivity index (χ0n) is 12.5. The minimum atomic E-state index is -0.139. The van der Waals surface area contributed by atoms with Crippen LogP contribution in [0.1, 0.15) is 63.5 Å². The van der Waals surface area contributed by atoms with Crippen LogP contribution in [0.5, 0.6) is 0 Å². The van der Waals surface area contributed by atoms with E-state index in [0.29, 0.717) is 11.5 Å². The van der Waals surface area contributed by atoms with Gasteiger partial charge in [-0.2, -0.15) is 0 Å². The smallest absolute Gasteiger partial charge is 0.123 e. The summed E-state index contributed by atoms with van der Waals surface area (Å²) in [6, 6.07) is 7.46. The SMILES string of the molecule is CCCCC(NCC1(C2CC2)CC1)c1ccc(F)cc1. The summed E-state index contributed by atoms with van der Waals surface area (Å²) in [6.45, 7) is 3.39. The standard InChI is InChI=1S/C18H26FN/c1-2-3-4-17(14-5-9-16(19)10-6-14)20-13-18(11-12-18)15-7-8-15/h5-6,9-10,15,17,20H,2-4,7-8,11-13H2,1H3. The first-order valence-corrected chi connectivity index (χ1v) is 8.22. The van der Waals surface area contributed by atoms with Crippen molar-refractivity contribution in [2.24, 2.45) is 11.3 Å². The molecular formula is C18H26FN. The number of halogens is 1. The van der Waals surface area contributed by atoms with Gasteiger partial charge in [-0.1, -0.05) is 31.9 Å². The molecule has 0 spiro atoms. The maximum absolute atomic E-state index is 13.1. The third kappa shape index (κ3) is 3.22. The maximum Gasteiger partial charge on any atom is 0.123 e. The van der Waals surface area contributed by atoms with E-state index in [1.807, 2.05) is 12.1 Å². The molecule has 2 saturated carbocycles. The molecule has 0 aromatic heterocycles. The number of benzene rings is 1. The van der Waals surface area contributed by atoms with Crippen molar-refractivity contribution in [3.8, 4) is 0 Å². The van der Waals surface area contributed by atoms with Gasteiger partial charge in [-0.3, -0.25) is 0 Å². The second-order valence-electron chi connectivity index (χ2n) is 6.76. The molecule has 0 bridgehead atoms. The minimum Gasteiger partial charge on any atom is -0.309 e. The number of hydrogen-bond donors (Lipinski definition) is 1.